The van der Waals surface area contributed by atoms with E-state index in [0.717, 1.165) is 50.4 Å². The monoisotopic (exact) mass is 336 g/mol. The number of anilines is 1. The van der Waals surface area contributed by atoms with E-state index in [0.29, 0.717) is 0 Å². The van der Waals surface area contributed by atoms with Crippen molar-refractivity contribution in [1.82, 2.24) is 0 Å². The number of hydrogen-bond acceptors (Lipinski definition) is 3. The van der Waals surface area contributed by atoms with Crippen molar-refractivity contribution in [2.45, 2.75) is 26.7 Å². The van der Waals surface area contributed by atoms with Crippen LogP contribution in [-0.4, -0.2) is 32.0 Å². The lowest BCUT2D eigenvalue weighted by Crippen LogP contribution is -2.36. The van der Waals surface area contributed by atoms with Crippen LogP contribution in [0.25, 0.3) is 0 Å². The second-order valence-electron chi connectivity index (χ2n) is 7.10. The summed E-state index contributed by atoms with van der Waals surface area (Å²) in [6.45, 7) is 7.86. The van der Waals surface area contributed by atoms with Crippen molar-refractivity contribution < 1.29 is 4.74 Å². The average Bonchev–Trinajstić information content (AvgIpc) is 2.69. The lowest BCUT2D eigenvalue weighted by Gasteiger charge is -2.31. The zero-order chi connectivity index (χ0) is 17.7. The molecular formula is C22H28N2O. The van der Waals surface area contributed by atoms with Crippen LogP contribution in [0.3, 0.4) is 0 Å². The van der Waals surface area contributed by atoms with Gasteiger partial charge >= 0.3 is 0 Å². The third kappa shape index (κ3) is 4.10. The van der Waals surface area contributed by atoms with Gasteiger partial charge in [0.1, 0.15) is 0 Å². The summed E-state index contributed by atoms with van der Waals surface area (Å²) in [6, 6.07) is 19.0. The molecule has 1 N–H and O–H groups in total. The van der Waals surface area contributed by atoms with Crippen LogP contribution in [0.2, 0.25) is 0 Å². The molecule has 0 aliphatic carbocycles. The molecular weight excluding hydrogens is 308 g/mol. The number of morpholine rings is 1. The van der Waals surface area contributed by atoms with Gasteiger partial charge in [0.2, 0.25) is 0 Å². The first-order valence-electron chi connectivity index (χ1n) is 9.18. The number of hydrogen-bond donors (Lipinski definition) is 1. The van der Waals surface area contributed by atoms with Gasteiger partial charge in [0.05, 0.1) is 13.2 Å². The minimum absolute atomic E-state index is 0.151. The van der Waals surface area contributed by atoms with Crippen LogP contribution in [0.1, 0.15) is 31.4 Å². The van der Waals surface area contributed by atoms with E-state index in [9.17, 15) is 0 Å². The molecule has 0 bridgehead atoms. The molecule has 3 nitrogen and oxygen atoms in total. The highest BCUT2D eigenvalue weighted by Crippen LogP contribution is 2.31. The minimum atomic E-state index is -0.151. The van der Waals surface area contributed by atoms with E-state index in [-0.39, 0.29) is 5.41 Å². The third-order valence-electron chi connectivity index (χ3n) is 5.35. The van der Waals surface area contributed by atoms with E-state index in [1.54, 1.807) is 0 Å². The molecule has 2 aromatic carbocycles. The van der Waals surface area contributed by atoms with Gasteiger partial charge < -0.3 is 15.0 Å². The number of rotatable bonds is 6. The van der Waals surface area contributed by atoms with Crippen LogP contribution in [0.4, 0.5) is 5.69 Å². The summed E-state index contributed by atoms with van der Waals surface area (Å²) in [6.07, 6.45) is 1.85. The summed E-state index contributed by atoms with van der Waals surface area (Å²) in [5.74, 6) is 0. The molecule has 0 saturated carbocycles. The minimum Gasteiger partial charge on any atom is -0.378 e. The zero-order valence-corrected chi connectivity index (χ0v) is 15.3. The molecule has 1 aliphatic heterocycles. The van der Waals surface area contributed by atoms with Gasteiger partial charge in [-0.3, -0.25) is 0 Å². The van der Waals surface area contributed by atoms with Gasteiger partial charge in [-0.2, -0.15) is 0 Å². The van der Waals surface area contributed by atoms with Crippen LogP contribution in [0.5, 0.6) is 0 Å². The Hall–Kier alpha value is -2.13. The Morgan fingerprint density at radius 2 is 1.68 bits per heavy atom. The lowest BCUT2D eigenvalue weighted by molar-refractivity contribution is 0.122. The molecule has 1 fully saturated rings. The Morgan fingerprint density at radius 1 is 1.04 bits per heavy atom. The Morgan fingerprint density at radius 3 is 2.28 bits per heavy atom. The normalized spacial score (nSPS) is 17.1. The van der Waals surface area contributed by atoms with Gasteiger partial charge in [-0.15, -0.1) is 0 Å². The average molecular weight is 336 g/mol. The summed E-state index contributed by atoms with van der Waals surface area (Å²) in [5.41, 5.74) is 4.12. The van der Waals surface area contributed by atoms with Gasteiger partial charge in [0.25, 0.3) is 0 Å². The molecule has 0 spiro atoms. The summed E-state index contributed by atoms with van der Waals surface area (Å²) in [4.78, 5) is 2.35. The van der Waals surface area contributed by atoms with Gasteiger partial charge in [-0.25, -0.2) is 0 Å². The fraction of sp³-hybridized carbons (Fsp3) is 0.409. The van der Waals surface area contributed by atoms with Crippen molar-refractivity contribution in [2.24, 2.45) is 5.41 Å². The molecule has 1 saturated heterocycles. The van der Waals surface area contributed by atoms with Gasteiger partial charge in [-0.05, 0) is 36.1 Å². The van der Waals surface area contributed by atoms with Crippen LogP contribution >= 0.6 is 0 Å². The van der Waals surface area contributed by atoms with Gasteiger partial charge in [0, 0.05) is 29.9 Å². The summed E-state index contributed by atoms with van der Waals surface area (Å²) >= 11 is 0. The molecule has 132 valence electrons. The number of nitrogens with one attached hydrogen (secondary N) is 1. The topological polar surface area (TPSA) is 36.3 Å². The molecule has 1 atom stereocenters. The molecule has 1 unspecified atom stereocenters. The van der Waals surface area contributed by atoms with E-state index in [2.05, 4.69) is 67.3 Å². The highest BCUT2D eigenvalue weighted by molar-refractivity contribution is 6.02. The Kier molecular flexibility index (Phi) is 5.54. The van der Waals surface area contributed by atoms with Gasteiger partial charge in [0.15, 0.2) is 0 Å². The maximum absolute atomic E-state index is 8.81. The number of nitrogens with zero attached hydrogens (tertiary/aromatic N) is 1. The van der Waals surface area contributed by atoms with Crippen molar-refractivity contribution in [3.05, 3.63) is 65.7 Å². The van der Waals surface area contributed by atoms with Crippen molar-refractivity contribution in [3.63, 3.8) is 0 Å². The molecule has 3 rings (SSSR count). The largest absolute Gasteiger partial charge is 0.378 e. The maximum atomic E-state index is 8.81. The smallest absolute Gasteiger partial charge is 0.0642 e. The van der Waals surface area contributed by atoms with Gasteiger partial charge in [-0.1, -0.05) is 56.3 Å². The quantitative estimate of drug-likeness (QED) is 0.786. The summed E-state index contributed by atoms with van der Waals surface area (Å²) in [5, 5.41) is 8.81. The zero-order valence-electron chi connectivity index (χ0n) is 15.3. The molecule has 3 heteroatoms. The van der Waals surface area contributed by atoms with E-state index >= 15 is 0 Å². The van der Waals surface area contributed by atoms with Crippen molar-refractivity contribution in [2.75, 3.05) is 31.2 Å². The first-order valence-corrected chi connectivity index (χ1v) is 9.18. The van der Waals surface area contributed by atoms with E-state index < -0.39 is 0 Å². The SMILES string of the molecule is CCC(C)(Cc1ccccc1)C(=N)c1ccc(N2CCOCC2)cc1. The molecule has 0 amide bonds. The Balaban J connectivity index is 1.75. The van der Waals surface area contributed by atoms with E-state index in [4.69, 9.17) is 10.1 Å². The number of ether oxygens (including phenoxy) is 1. The standard InChI is InChI=1S/C22H28N2O/c1-3-22(2,17-18-7-5-4-6-8-18)21(23)19-9-11-20(12-10-19)24-13-15-25-16-14-24/h4-12,23H,3,13-17H2,1-2H3. The fourth-order valence-electron chi connectivity index (χ4n) is 3.45. The lowest BCUT2D eigenvalue weighted by atomic mass is 9.74. The predicted molar refractivity (Wildman–Crippen MR) is 105 cm³/mol. The molecule has 1 aliphatic rings. The first-order chi connectivity index (χ1) is 12.1. The van der Waals surface area contributed by atoms with Crippen LogP contribution in [0, 0.1) is 10.8 Å². The molecule has 25 heavy (non-hydrogen) atoms. The first kappa shape index (κ1) is 17.7. The predicted octanol–water partition coefficient (Wildman–Crippen LogP) is 4.55. The Bertz CT molecular complexity index is 690. The van der Waals surface area contributed by atoms with Crippen molar-refractivity contribution in [1.29, 1.82) is 5.41 Å². The Labute approximate surface area is 151 Å². The molecule has 2 aromatic rings. The van der Waals surface area contributed by atoms with E-state index in [1.807, 2.05) is 6.07 Å². The summed E-state index contributed by atoms with van der Waals surface area (Å²) < 4.78 is 5.42. The summed E-state index contributed by atoms with van der Waals surface area (Å²) in [7, 11) is 0. The highest BCUT2D eigenvalue weighted by Gasteiger charge is 2.29. The molecule has 1 heterocycles. The maximum Gasteiger partial charge on any atom is 0.0642 e. The van der Waals surface area contributed by atoms with Crippen molar-refractivity contribution >= 4 is 11.4 Å². The number of benzene rings is 2. The molecule has 0 aromatic heterocycles. The third-order valence-corrected chi connectivity index (χ3v) is 5.35. The molecule has 0 radical (unpaired) electrons. The second kappa shape index (κ2) is 7.83. The van der Waals surface area contributed by atoms with Crippen LogP contribution in [0.15, 0.2) is 54.6 Å². The highest BCUT2D eigenvalue weighted by atomic mass is 16.5. The van der Waals surface area contributed by atoms with Crippen LogP contribution in [-0.2, 0) is 11.2 Å². The second-order valence-corrected chi connectivity index (χ2v) is 7.10. The van der Waals surface area contributed by atoms with Crippen LogP contribution < -0.4 is 4.90 Å². The van der Waals surface area contributed by atoms with E-state index in [1.165, 1.54) is 11.3 Å². The fourth-order valence-corrected chi connectivity index (χ4v) is 3.45. The van der Waals surface area contributed by atoms with Crippen molar-refractivity contribution in [3.8, 4) is 0 Å².